The van der Waals surface area contributed by atoms with E-state index in [0.717, 1.165) is 18.5 Å². The van der Waals surface area contributed by atoms with E-state index in [2.05, 4.69) is 23.9 Å². The minimum absolute atomic E-state index is 0.187. The summed E-state index contributed by atoms with van der Waals surface area (Å²) < 4.78 is 40.0. The van der Waals surface area contributed by atoms with Crippen molar-refractivity contribution in [3.8, 4) is 5.75 Å². The van der Waals surface area contributed by atoms with E-state index in [1.165, 1.54) is 18.6 Å². The molecule has 20 heavy (non-hydrogen) atoms. The molecule has 1 saturated carbocycles. The molecule has 112 valence electrons. The number of rotatable bonds is 3. The highest BCUT2D eigenvalue weighted by molar-refractivity contribution is 5.47. The van der Waals surface area contributed by atoms with Crippen molar-refractivity contribution >= 4 is 5.69 Å². The monoisotopic (exact) mass is 287 g/mol. The van der Waals surface area contributed by atoms with Crippen LogP contribution in [-0.2, 0) is 0 Å². The average Bonchev–Trinajstić information content (AvgIpc) is 2.28. The fourth-order valence-corrected chi connectivity index (χ4v) is 3.05. The van der Waals surface area contributed by atoms with Gasteiger partial charge in [-0.15, -0.1) is 13.2 Å². The Labute approximate surface area is 117 Å². The van der Waals surface area contributed by atoms with Gasteiger partial charge in [0.25, 0.3) is 0 Å². The van der Waals surface area contributed by atoms with Crippen LogP contribution in [0.2, 0.25) is 0 Å². The Bertz CT molecular complexity index is 420. The van der Waals surface area contributed by atoms with Gasteiger partial charge in [-0.05, 0) is 55.4 Å². The maximum absolute atomic E-state index is 12.1. The smallest absolute Gasteiger partial charge is 0.406 e. The van der Waals surface area contributed by atoms with Gasteiger partial charge in [0, 0.05) is 11.7 Å². The molecule has 0 bridgehead atoms. The lowest BCUT2D eigenvalue weighted by atomic mass is 9.80. The van der Waals surface area contributed by atoms with Gasteiger partial charge in [-0.2, -0.15) is 0 Å². The van der Waals surface area contributed by atoms with Crippen LogP contribution in [0.25, 0.3) is 0 Å². The Balaban J connectivity index is 1.93. The molecule has 0 radical (unpaired) electrons. The van der Waals surface area contributed by atoms with Gasteiger partial charge in [0.2, 0.25) is 0 Å². The van der Waals surface area contributed by atoms with Crippen LogP contribution in [0.1, 0.15) is 33.1 Å². The van der Waals surface area contributed by atoms with Gasteiger partial charge in [-0.3, -0.25) is 0 Å². The first-order valence-corrected chi connectivity index (χ1v) is 6.94. The second kappa shape index (κ2) is 5.94. The second-order valence-electron chi connectivity index (χ2n) is 5.83. The number of alkyl halides is 3. The van der Waals surface area contributed by atoms with E-state index in [0.29, 0.717) is 17.9 Å². The Morgan fingerprint density at radius 2 is 1.55 bits per heavy atom. The Hall–Kier alpha value is -1.39. The molecule has 0 heterocycles. The van der Waals surface area contributed by atoms with E-state index in [4.69, 9.17) is 0 Å². The topological polar surface area (TPSA) is 21.3 Å². The van der Waals surface area contributed by atoms with Gasteiger partial charge in [0.1, 0.15) is 5.75 Å². The summed E-state index contributed by atoms with van der Waals surface area (Å²) in [6.45, 7) is 4.48. The highest BCUT2D eigenvalue weighted by Gasteiger charge is 2.31. The van der Waals surface area contributed by atoms with Crippen molar-refractivity contribution in [1.82, 2.24) is 0 Å². The molecule has 1 aromatic rings. The Morgan fingerprint density at radius 1 is 1.00 bits per heavy atom. The summed E-state index contributed by atoms with van der Waals surface area (Å²) in [7, 11) is 0. The van der Waals surface area contributed by atoms with E-state index in [1.807, 2.05) is 0 Å². The van der Waals surface area contributed by atoms with Crippen LogP contribution in [0.5, 0.6) is 5.75 Å². The molecule has 2 nitrogen and oxygen atoms in total. The first-order chi connectivity index (χ1) is 9.32. The molecule has 5 heteroatoms. The van der Waals surface area contributed by atoms with Gasteiger partial charge in [-0.25, -0.2) is 0 Å². The van der Waals surface area contributed by atoms with Crippen LogP contribution in [0.3, 0.4) is 0 Å². The van der Waals surface area contributed by atoms with E-state index in [-0.39, 0.29) is 5.75 Å². The molecule has 0 saturated heterocycles. The lowest BCUT2D eigenvalue weighted by molar-refractivity contribution is -0.274. The molecule has 1 aliphatic carbocycles. The zero-order valence-electron chi connectivity index (χ0n) is 11.7. The number of hydrogen-bond donors (Lipinski definition) is 1. The number of benzene rings is 1. The standard InChI is InChI=1S/C15H20F3NO/c1-10-7-11(2)9-13(8-10)19-12-3-5-14(6-4-12)20-15(16,17)18/h3-6,10-11,13,19H,7-9H2,1-2H3. The van der Waals surface area contributed by atoms with Crippen molar-refractivity contribution in [2.75, 3.05) is 5.32 Å². The summed E-state index contributed by atoms with van der Waals surface area (Å²) in [6.07, 6.45) is -1.18. The summed E-state index contributed by atoms with van der Waals surface area (Å²) in [5.41, 5.74) is 0.839. The molecule has 2 rings (SSSR count). The molecule has 0 spiro atoms. The van der Waals surface area contributed by atoms with E-state index in [9.17, 15) is 13.2 Å². The van der Waals surface area contributed by atoms with Crippen LogP contribution in [0.4, 0.5) is 18.9 Å². The van der Waals surface area contributed by atoms with Crippen molar-refractivity contribution in [2.45, 2.75) is 45.5 Å². The van der Waals surface area contributed by atoms with Crippen LogP contribution in [0.15, 0.2) is 24.3 Å². The van der Waals surface area contributed by atoms with E-state index in [1.54, 1.807) is 12.1 Å². The molecule has 0 aliphatic heterocycles. The molecular formula is C15H20F3NO. The van der Waals surface area contributed by atoms with E-state index >= 15 is 0 Å². The quantitative estimate of drug-likeness (QED) is 0.860. The number of halogens is 3. The van der Waals surface area contributed by atoms with Crippen molar-refractivity contribution in [3.63, 3.8) is 0 Å². The summed E-state index contributed by atoms with van der Waals surface area (Å²) in [5.74, 6) is 1.18. The first-order valence-electron chi connectivity index (χ1n) is 6.94. The average molecular weight is 287 g/mol. The third-order valence-electron chi connectivity index (χ3n) is 3.64. The predicted octanol–water partition coefficient (Wildman–Crippen LogP) is 4.82. The van der Waals surface area contributed by atoms with Gasteiger partial charge in [-0.1, -0.05) is 13.8 Å². The fourth-order valence-electron chi connectivity index (χ4n) is 3.05. The summed E-state index contributed by atoms with van der Waals surface area (Å²) in [4.78, 5) is 0. The molecule has 1 N–H and O–H groups in total. The highest BCUT2D eigenvalue weighted by Crippen LogP contribution is 2.31. The highest BCUT2D eigenvalue weighted by atomic mass is 19.4. The van der Waals surface area contributed by atoms with Crippen LogP contribution in [0, 0.1) is 11.8 Å². The third kappa shape index (κ3) is 4.62. The van der Waals surface area contributed by atoms with Gasteiger partial charge < -0.3 is 10.1 Å². The number of anilines is 1. The Morgan fingerprint density at radius 3 is 2.05 bits per heavy atom. The number of hydrogen-bond acceptors (Lipinski definition) is 2. The zero-order valence-corrected chi connectivity index (χ0v) is 11.7. The lowest BCUT2D eigenvalue weighted by Gasteiger charge is -2.32. The minimum atomic E-state index is -4.64. The molecule has 1 fully saturated rings. The second-order valence-corrected chi connectivity index (χ2v) is 5.83. The molecule has 1 aromatic carbocycles. The fraction of sp³-hybridized carbons (Fsp3) is 0.600. The maximum Gasteiger partial charge on any atom is 0.573 e. The third-order valence-corrected chi connectivity index (χ3v) is 3.64. The van der Waals surface area contributed by atoms with Gasteiger partial charge in [0.05, 0.1) is 0 Å². The van der Waals surface area contributed by atoms with Gasteiger partial charge in [0.15, 0.2) is 0 Å². The van der Waals surface area contributed by atoms with Crippen LogP contribution < -0.4 is 10.1 Å². The van der Waals surface area contributed by atoms with Crippen molar-refractivity contribution in [3.05, 3.63) is 24.3 Å². The number of ether oxygens (including phenoxy) is 1. The summed E-state index contributed by atoms with van der Waals surface area (Å²) in [6, 6.07) is 6.33. The summed E-state index contributed by atoms with van der Waals surface area (Å²) >= 11 is 0. The van der Waals surface area contributed by atoms with Crippen molar-refractivity contribution < 1.29 is 17.9 Å². The van der Waals surface area contributed by atoms with Crippen LogP contribution in [-0.4, -0.2) is 12.4 Å². The Kier molecular flexibility index (Phi) is 4.45. The first kappa shape index (κ1) is 15.0. The molecular weight excluding hydrogens is 267 g/mol. The molecule has 2 unspecified atom stereocenters. The number of nitrogens with one attached hydrogen (secondary N) is 1. The predicted molar refractivity (Wildman–Crippen MR) is 72.7 cm³/mol. The van der Waals surface area contributed by atoms with Crippen LogP contribution >= 0.6 is 0 Å². The van der Waals surface area contributed by atoms with Gasteiger partial charge >= 0.3 is 6.36 Å². The van der Waals surface area contributed by atoms with E-state index < -0.39 is 6.36 Å². The summed E-state index contributed by atoms with van der Waals surface area (Å²) in [5, 5.41) is 3.39. The molecule has 1 aliphatic rings. The van der Waals surface area contributed by atoms with Crippen molar-refractivity contribution in [1.29, 1.82) is 0 Å². The molecule has 2 atom stereocenters. The minimum Gasteiger partial charge on any atom is -0.406 e. The maximum atomic E-state index is 12.1. The lowest BCUT2D eigenvalue weighted by Crippen LogP contribution is -2.30. The van der Waals surface area contributed by atoms with Crippen molar-refractivity contribution in [2.24, 2.45) is 11.8 Å². The SMILES string of the molecule is CC1CC(C)CC(Nc2ccc(OC(F)(F)F)cc2)C1. The zero-order chi connectivity index (χ0) is 14.8. The normalized spacial score (nSPS) is 27.1. The largest absolute Gasteiger partial charge is 0.573 e. The molecule has 0 aromatic heterocycles. The molecule has 0 amide bonds.